The Labute approximate surface area is 133 Å². The summed E-state index contributed by atoms with van der Waals surface area (Å²) in [6.07, 6.45) is 0. The fourth-order valence-corrected chi connectivity index (χ4v) is 2.97. The van der Waals surface area contributed by atoms with Crippen LogP contribution in [0.5, 0.6) is 5.75 Å². The molecule has 2 aromatic rings. The molecule has 0 saturated carbocycles. The highest BCUT2D eigenvalue weighted by Crippen LogP contribution is 2.25. The van der Waals surface area contributed by atoms with Crippen LogP contribution in [0.1, 0.15) is 21.6 Å². The number of hydrogen-bond acceptors (Lipinski definition) is 6. The Morgan fingerprint density at radius 1 is 1.26 bits per heavy atom. The molecule has 2 N–H and O–H groups in total. The third kappa shape index (κ3) is 3.29. The van der Waals surface area contributed by atoms with E-state index in [2.05, 4.69) is 19.7 Å². The van der Waals surface area contributed by atoms with E-state index in [0.29, 0.717) is 5.56 Å². The minimum absolute atomic E-state index is 0.0537. The topological polar surface area (TPSA) is 110 Å². The highest BCUT2D eigenvalue weighted by molar-refractivity contribution is 7.92. The van der Waals surface area contributed by atoms with Gasteiger partial charge in [0.2, 0.25) is 0 Å². The summed E-state index contributed by atoms with van der Waals surface area (Å²) in [4.78, 5) is 11.6. The zero-order valence-corrected chi connectivity index (χ0v) is 13.9. The summed E-state index contributed by atoms with van der Waals surface area (Å²) in [6, 6.07) is 3.89. The van der Waals surface area contributed by atoms with Crippen molar-refractivity contribution in [3.63, 3.8) is 0 Å². The van der Waals surface area contributed by atoms with Crippen molar-refractivity contribution in [2.45, 2.75) is 18.7 Å². The van der Waals surface area contributed by atoms with Gasteiger partial charge in [0, 0.05) is 17.3 Å². The Balaban J connectivity index is 2.40. The summed E-state index contributed by atoms with van der Waals surface area (Å²) in [5.74, 6) is -0.286. The summed E-state index contributed by atoms with van der Waals surface area (Å²) < 4.78 is 37.0. The number of hydrogen-bond donors (Lipinski definition) is 2. The van der Waals surface area contributed by atoms with E-state index < -0.39 is 16.0 Å². The van der Waals surface area contributed by atoms with Gasteiger partial charge in [-0.1, -0.05) is 0 Å². The van der Waals surface area contributed by atoms with Crippen LogP contribution in [0.4, 0.5) is 5.82 Å². The number of methoxy groups -OCH3 is 2. The molecule has 0 spiro atoms. The number of aryl methyl sites for hydroxylation is 1. The van der Waals surface area contributed by atoms with Crippen LogP contribution >= 0.6 is 0 Å². The molecule has 8 nitrogen and oxygen atoms in total. The van der Waals surface area contributed by atoms with E-state index in [1.54, 1.807) is 13.8 Å². The molecule has 124 valence electrons. The Bertz CT molecular complexity index is 842. The quantitative estimate of drug-likeness (QED) is 0.801. The van der Waals surface area contributed by atoms with Crippen molar-refractivity contribution in [3.05, 3.63) is 35.0 Å². The van der Waals surface area contributed by atoms with Crippen molar-refractivity contribution in [1.82, 2.24) is 10.2 Å². The van der Waals surface area contributed by atoms with Gasteiger partial charge in [-0.15, -0.1) is 0 Å². The summed E-state index contributed by atoms with van der Waals surface area (Å²) in [7, 11) is -1.30. The van der Waals surface area contributed by atoms with Gasteiger partial charge in [-0.25, -0.2) is 13.2 Å². The monoisotopic (exact) mass is 339 g/mol. The maximum absolute atomic E-state index is 12.4. The Morgan fingerprint density at radius 2 is 1.96 bits per heavy atom. The van der Waals surface area contributed by atoms with Crippen LogP contribution in [0, 0.1) is 13.8 Å². The molecule has 0 unspecified atom stereocenters. The molecule has 0 amide bonds. The van der Waals surface area contributed by atoms with Gasteiger partial charge >= 0.3 is 5.97 Å². The summed E-state index contributed by atoms with van der Waals surface area (Å²) in [5.41, 5.74) is 1.61. The van der Waals surface area contributed by atoms with Gasteiger partial charge in [-0.3, -0.25) is 9.82 Å². The van der Waals surface area contributed by atoms with Crippen LogP contribution in [0.3, 0.4) is 0 Å². The molecule has 1 aromatic heterocycles. The molecule has 0 bridgehead atoms. The molecule has 0 saturated heterocycles. The minimum atomic E-state index is -3.87. The van der Waals surface area contributed by atoms with Crippen LogP contribution in [-0.4, -0.2) is 38.8 Å². The standard InChI is InChI=1S/C14H17N3O5S/c1-8-9(2)15-16-13(8)17-23(19,20)10-5-6-11(14(18)22-4)12(7-10)21-3/h5-7H,1-4H3,(H2,15,16,17). The van der Waals surface area contributed by atoms with Gasteiger partial charge in [-0.05, 0) is 26.0 Å². The first kappa shape index (κ1) is 16.8. The van der Waals surface area contributed by atoms with E-state index >= 15 is 0 Å². The molecule has 0 aliphatic rings. The van der Waals surface area contributed by atoms with Crippen LogP contribution in [-0.2, 0) is 14.8 Å². The molecule has 1 aromatic carbocycles. The number of esters is 1. The first-order valence-electron chi connectivity index (χ1n) is 6.61. The van der Waals surface area contributed by atoms with Gasteiger partial charge in [-0.2, -0.15) is 5.10 Å². The van der Waals surface area contributed by atoms with Crippen molar-refractivity contribution in [2.24, 2.45) is 0 Å². The van der Waals surface area contributed by atoms with Crippen LogP contribution in [0.25, 0.3) is 0 Å². The third-order valence-corrected chi connectivity index (χ3v) is 4.71. The second-order valence-corrected chi connectivity index (χ2v) is 6.46. The number of H-pyrrole nitrogens is 1. The van der Waals surface area contributed by atoms with E-state index in [9.17, 15) is 13.2 Å². The molecule has 0 atom stereocenters. The number of anilines is 1. The number of sulfonamides is 1. The minimum Gasteiger partial charge on any atom is -0.496 e. The van der Waals surface area contributed by atoms with Crippen LogP contribution in [0.15, 0.2) is 23.1 Å². The lowest BCUT2D eigenvalue weighted by molar-refractivity contribution is 0.0597. The van der Waals surface area contributed by atoms with Crippen molar-refractivity contribution in [1.29, 1.82) is 0 Å². The van der Waals surface area contributed by atoms with Gasteiger partial charge < -0.3 is 9.47 Å². The second-order valence-electron chi connectivity index (χ2n) is 4.78. The van der Waals surface area contributed by atoms with E-state index in [1.165, 1.54) is 32.4 Å². The highest BCUT2D eigenvalue weighted by Gasteiger charge is 2.21. The number of aromatic amines is 1. The lowest BCUT2D eigenvalue weighted by Crippen LogP contribution is -2.15. The Morgan fingerprint density at radius 3 is 2.48 bits per heavy atom. The molecule has 0 fully saturated rings. The molecule has 2 rings (SSSR count). The number of nitrogens with zero attached hydrogens (tertiary/aromatic N) is 1. The lowest BCUT2D eigenvalue weighted by atomic mass is 10.2. The first-order chi connectivity index (χ1) is 10.8. The maximum atomic E-state index is 12.4. The molecular weight excluding hydrogens is 322 g/mol. The average molecular weight is 339 g/mol. The Kier molecular flexibility index (Phi) is 4.60. The predicted octanol–water partition coefficient (Wildman–Crippen LogP) is 1.62. The number of ether oxygens (including phenoxy) is 2. The number of aromatic nitrogens is 2. The van der Waals surface area contributed by atoms with E-state index in [-0.39, 0.29) is 22.0 Å². The van der Waals surface area contributed by atoms with Crippen LogP contribution < -0.4 is 9.46 Å². The molecule has 0 aliphatic heterocycles. The lowest BCUT2D eigenvalue weighted by Gasteiger charge is -2.10. The number of carbonyl (C=O) groups is 1. The SMILES string of the molecule is COC(=O)c1ccc(S(=O)(=O)Nc2n[nH]c(C)c2C)cc1OC. The number of nitrogens with one attached hydrogen (secondary N) is 2. The van der Waals surface area contributed by atoms with E-state index in [1.807, 2.05) is 0 Å². The van der Waals surface area contributed by atoms with E-state index in [0.717, 1.165) is 5.69 Å². The van der Waals surface area contributed by atoms with Crippen molar-refractivity contribution < 1.29 is 22.7 Å². The largest absolute Gasteiger partial charge is 0.496 e. The Hall–Kier alpha value is -2.55. The van der Waals surface area contributed by atoms with E-state index in [4.69, 9.17) is 4.74 Å². The summed E-state index contributed by atoms with van der Waals surface area (Å²) in [6.45, 7) is 3.53. The molecule has 0 aliphatic carbocycles. The van der Waals surface area contributed by atoms with Gasteiger partial charge in [0.25, 0.3) is 10.0 Å². The fourth-order valence-electron chi connectivity index (χ4n) is 1.89. The van der Waals surface area contributed by atoms with Crippen molar-refractivity contribution in [3.8, 4) is 5.75 Å². The second kappa shape index (κ2) is 6.29. The summed E-state index contributed by atoms with van der Waals surface area (Å²) >= 11 is 0. The molecular formula is C14H17N3O5S. The molecule has 23 heavy (non-hydrogen) atoms. The van der Waals surface area contributed by atoms with Crippen LogP contribution in [0.2, 0.25) is 0 Å². The maximum Gasteiger partial charge on any atom is 0.341 e. The third-order valence-electron chi connectivity index (χ3n) is 3.37. The smallest absolute Gasteiger partial charge is 0.341 e. The zero-order valence-electron chi connectivity index (χ0n) is 13.1. The highest BCUT2D eigenvalue weighted by atomic mass is 32.2. The first-order valence-corrected chi connectivity index (χ1v) is 8.09. The molecule has 0 radical (unpaired) electrons. The average Bonchev–Trinajstić information content (AvgIpc) is 2.85. The zero-order chi connectivity index (χ0) is 17.2. The van der Waals surface area contributed by atoms with Gasteiger partial charge in [0.1, 0.15) is 11.3 Å². The summed E-state index contributed by atoms with van der Waals surface area (Å²) in [5, 5.41) is 6.61. The molecule has 1 heterocycles. The van der Waals surface area contributed by atoms with Gasteiger partial charge in [0.05, 0.1) is 19.1 Å². The number of benzene rings is 1. The van der Waals surface area contributed by atoms with Crippen molar-refractivity contribution >= 4 is 21.8 Å². The van der Waals surface area contributed by atoms with Gasteiger partial charge in [0.15, 0.2) is 5.82 Å². The van der Waals surface area contributed by atoms with Crippen molar-refractivity contribution in [2.75, 3.05) is 18.9 Å². The number of carbonyl (C=O) groups excluding carboxylic acids is 1. The predicted molar refractivity (Wildman–Crippen MR) is 83.2 cm³/mol. The normalized spacial score (nSPS) is 11.1. The number of rotatable bonds is 5. The fraction of sp³-hybridized carbons (Fsp3) is 0.286. The molecule has 9 heteroatoms.